The van der Waals surface area contributed by atoms with E-state index in [1.54, 1.807) is 24.3 Å². The van der Waals surface area contributed by atoms with E-state index in [9.17, 15) is 9.59 Å². The molecule has 0 bridgehead atoms. The van der Waals surface area contributed by atoms with Crippen molar-refractivity contribution in [3.63, 3.8) is 0 Å². The Labute approximate surface area is 173 Å². The summed E-state index contributed by atoms with van der Waals surface area (Å²) in [6.07, 6.45) is 0.627. The molecule has 0 aliphatic rings. The summed E-state index contributed by atoms with van der Waals surface area (Å²) in [5.41, 5.74) is 8.64. The Kier molecular flexibility index (Phi) is 6.33. The number of Topliss-reactive ketones (excluding diaryl/α,β-unsaturated/α-hetero) is 1. The summed E-state index contributed by atoms with van der Waals surface area (Å²) in [4.78, 5) is 24.1. The van der Waals surface area contributed by atoms with Crippen LogP contribution in [0.1, 0.15) is 30.6 Å². The molecule has 3 rings (SSSR count). The summed E-state index contributed by atoms with van der Waals surface area (Å²) in [5, 5.41) is 11.7. The molecule has 150 valence electrons. The van der Waals surface area contributed by atoms with Crippen molar-refractivity contribution in [1.82, 2.24) is 14.8 Å². The van der Waals surface area contributed by atoms with E-state index in [1.165, 1.54) is 18.7 Å². The smallest absolute Gasteiger partial charge is 0.237 e. The van der Waals surface area contributed by atoms with Gasteiger partial charge in [-0.3, -0.25) is 9.59 Å². The molecule has 1 aromatic heterocycles. The van der Waals surface area contributed by atoms with Gasteiger partial charge in [-0.2, -0.15) is 0 Å². The number of carbonyl (C=O) groups is 2. The lowest BCUT2D eigenvalue weighted by atomic mass is 10.1. The highest BCUT2D eigenvalue weighted by Gasteiger charge is 2.22. The minimum atomic E-state index is -0.334. The van der Waals surface area contributed by atoms with Crippen molar-refractivity contribution in [3.05, 3.63) is 54.1 Å². The van der Waals surface area contributed by atoms with Gasteiger partial charge in [0.25, 0.3) is 0 Å². The first-order valence-corrected chi connectivity index (χ1v) is 10.1. The first-order chi connectivity index (χ1) is 13.9. The predicted octanol–water partition coefficient (Wildman–Crippen LogP) is 3.78. The summed E-state index contributed by atoms with van der Waals surface area (Å²) < 4.78 is 1.86. The Morgan fingerprint density at radius 3 is 2.52 bits per heavy atom. The average Bonchev–Trinajstić information content (AvgIpc) is 3.06. The number of nitrogens with two attached hydrogens (primary N) is 1. The van der Waals surface area contributed by atoms with Crippen molar-refractivity contribution in [1.29, 1.82) is 0 Å². The van der Waals surface area contributed by atoms with Gasteiger partial charge in [-0.1, -0.05) is 30.8 Å². The maximum Gasteiger partial charge on any atom is 0.237 e. The number of benzene rings is 2. The van der Waals surface area contributed by atoms with Crippen molar-refractivity contribution < 1.29 is 9.59 Å². The van der Waals surface area contributed by atoms with Crippen molar-refractivity contribution >= 4 is 34.8 Å². The van der Waals surface area contributed by atoms with Crippen molar-refractivity contribution in [2.24, 2.45) is 7.05 Å². The molecule has 7 nitrogen and oxygen atoms in total. The van der Waals surface area contributed by atoms with E-state index < -0.39 is 0 Å². The highest BCUT2D eigenvalue weighted by Crippen LogP contribution is 2.28. The summed E-state index contributed by atoms with van der Waals surface area (Å²) in [6.45, 7) is 3.46. The lowest BCUT2D eigenvalue weighted by Gasteiger charge is -2.14. The molecule has 2 aromatic carbocycles. The number of hydrogen-bond acceptors (Lipinski definition) is 6. The number of anilines is 2. The second-order valence-electron chi connectivity index (χ2n) is 6.63. The summed E-state index contributed by atoms with van der Waals surface area (Å²) in [6, 6.07) is 14.3. The number of thioether (sulfide) groups is 1. The van der Waals surface area contributed by atoms with Crippen LogP contribution < -0.4 is 11.1 Å². The molecule has 8 heteroatoms. The minimum Gasteiger partial charge on any atom is -0.399 e. The molecule has 0 fully saturated rings. The van der Waals surface area contributed by atoms with Crippen molar-refractivity contribution in [2.45, 2.75) is 30.7 Å². The van der Waals surface area contributed by atoms with E-state index in [-0.39, 0.29) is 16.9 Å². The van der Waals surface area contributed by atoms with Gasteiger partial charge in [-0.25, -0.2) is 0 Å². The monoisotopic (exact) mass is 409 g/mol. The number of ketones is 1. The zero-order chi connectivity index (χ0) is 21.0. The normalized spacial score (nSPS) is 11.8. The molecule has 0 aliphatic heterocycles. The fourth-order valence-corrected chi connectivity index (χ4v) is 3.73. The van der Waals surface area contributed by atoms with Gasteiger partial charge < -0.3 is 15.6 Å². The molecular formula is C21H23N5O2S. The molecule has 0 radical (unpaired) electrons. The number of amides is 1. The molecule has 1 atom stereocenters. The molecule has 3 N–H and O–H groups in total. The number of carbonyl (C=O) groups excluding carboxylic acids is 2. The molecule has 0 unspecified atom stereocenters. The van der Waals surface area contributed by atoms with E-state index in [2.05, 4.69) is 15.5 Å². The van der Waals surface area contributed by atoms with Crippen LogP contribution in [0.25, 0.3) is 11.4 Å². The standard InChI is InChI=1S/C21H23N5O2S/c1-4-18(20(28)23-17-10-8-14(9-11-17)13(2)27)29-21-25-24-19(26(21)3)15-6-5-7-16(22)12-15/h5-12,18H,4,22H2,1-3H3,(H,23,28)/t18-/m1/s1. The molecular weight excluding hydrogens is 386 g/mol. The predicted molar refractivity (Wildman–Crippen MR) is 116 cm³/mol. The van der Waals surface area contributed by atoms with Crippen LogP contribution in [-0.4, -0.2) is 31.7 Å². The first-order valence-electron chi connectivity index (χ1n) is 9.23. The van der Waals surface area contributed by atoms with Gasteiger partial charge >= 0.3 is 0 Å². The van der Waals surface area contributed by atoms with Crippen LogP contribution in [0.3, 0.4) is 0 Å². The average molecular weight is 410 g/mol. The molecule has 0 saturated carbocycles. The maximum absolute atomic E-state index is 12.7. The van der Waals surface area contributed by atoms with Crippen LogP contribution in [0.5, 0.6) is 0 Å². The Hall–Kier alpha value is -3.13. The topological polar surface area (TPSA) is 103 Å². The lowest BCUT2D eigenvalue weighted by molar-refractivity contribution is -0.115. The zero-order valence-electron chi connectivity index (χ0n) is 16.5. The number of rotatable bonds is 7. The van der Waals surface area contributed by atoms with Crippen LogP contribution >= 0.6 is 11.8 Å². The van der Waals surface area contributed by atoms with E-state index in [0.717, 1.165) is 5.56 Å². The fourth-order valence-electron chi connectivity index (χ4n) is 2.81. The van der Waals surface area contributed by atoms with Crippen molar-refractivity contribution in [3.8, 4) is 11.4 Å². The van der Waals surface area contributed by atoms with Crippen molar-refractivity contribution in [2.75, 3.05) is 11.1 Å². The summed E-state index contributed by atoms with van der Waals surface area (Å²) in [7, 11) is 1.87. The van der Waals surface area contributed by atoms with Gasteiger partial charge in [0.2, 0.25) is 5.91 Å². The zero-order valence-corrected chi connectivity index (χ0v) is 17.4. The lowest BCUT2D eigenvalue weighted by Crippen LogP contribution is -2.25. The third-order valence-electron chi connectivity index (χ3n) is 4.45. The van der Waals surface area contributed by atoms with Crippen LogP contribution in [0.2, 0.25) is 0 Å². The number of aromatic nitrogens is 3. The molecule has 3 aromatic rings. The molecule has 0 saturated heterocycles. The van der Waals surface area contributed by atoms with E-state index in [1.807, 2.05) is 42.8 Å². The Balaban J connectivity index is 1.72. The third kappa shape index (κ3) is 4.83. The van der Waals surface area contributed by atoms with E-state index in [0.29, 0.717) is 34.3 Å². The quantitative estimate of drug-likeness (QED) is 0.350. The van der Waals surface area contributed by atoms with E-state index >= 15 is 0 Å². The summed E-state index contributed by atoms with van der Waals surface area (Å²) >= 11 is 1.36. The second-order valence-corrected chi connectivity index (χ2v) is 7.80. The van der Waals surface area contributed by atoms with Crippen LogP contribution in [0, 0.1) is 0 Å². The SMILES string of the molecule is CC[C@@H](Sc1nnc(-c2cccc(N)c2)n1C)C(=O)Nc1ccc(C(C)=O)cc1. The van der Waals surface area contributed by atoms with Crippen LogP contribution in [-0.2, 0) is 11.8 Å². The summed E-state index contributed by atoms with van der Waals surface area (Å²) in [5.74, 6) is 0.555. The van der Waals surface area contributed by atoms with Gasteiger partial charge in [-0.05, 0) is 49.7 Å². The highest BCUT2D eigenvalue weighted by atomic mass is 32.2. The Morgan fingerprint density at radius 2 is 1.90 bits per heavy atom. The highest BCUT2D eigenvalue weighted by molar-refractivity contribution is 8.00. The molecule has 29 heavy (non-hydrogen) atoms. The Bertz CT molecular complexity index is 1030. The largest absolute Gasteiger partial charge is 0.399 e. The van der Waals surface area contributed by atoms with Crippen LogP contribution in [0.4, 0.5) is 11.4 Å². The number of nitrogen functional groups attached to an aromatic ring is 1. The molecule has 0 aliphatic carbocycles. The fraction of sp³-hybridized carbons (Fsp3) is 0.238. The Morgan fingerprint density at radius 1 is 1.17 bits per heavy atom. The number of nitrogens with one attached hydrogen (secondary N) is 1. The number of nitrogens with zero attached hydrogens (tertiary/aromatic N) is 3. The maximum atomic E-state index is 12.7. The van der Waals surface area contributed by atoms with E-state index in [4.69, 9.17) is 5.73 Å². The molecule has 1 heterocycles. The third-order valence-corrected chi connectivity index (χ3v) is 5.85. The molecule has 1 amide bonds. The van der Waals surface area contributed by atoms with Gasteiger partial charge in [0.1, 0.15) is 0 Å². The van der Waals surface area contributed by atoms with Gasteiger partial charge in [-0.15, -0.1) is 10.2 Å². The second kappa shape index (κ2) is 8.91. The molecule has 0 spiro atoms. The van der Waals surface area contributed by atoms with Gasteiger partial charge in [0, 0.05) is 29.5 Å². The van der Waals surface area contributed by atoms with Gasteiger partial charge in [0.15, 0.2) is 16.8 Å². The van der Waals surface area contributed by atoms with Gasteiger partial charge in [0.05, 0.1) is 5.25 Å². The first kappa shape index (κ1) is 20.6. The van der Waals surface area contributed by atoms with Crippen LogP contribution in [0.15, 0.2) is 53.7 Å². The minimum absolute atomic E-state index is 0.0110. The number of hydrogen-bond donors (Lipinski definition) is 2.